The lowest BCUT2D eigenvalue weighted by Crippen LogP contribution is -2.18. The predicted molar refractivity (Wildman–Crippen MR) is 128 cm³/mol. The third-order valence-electron chi connectivity index (χ3n) is 4.60. The first kappa shape index (κ1) is 21.5. The number of fused-ring (bicyclic) bond motifs is 2. The molecule has 0 aliphatic carbocycles. The Bertz CT molecular complexity index is 1350. The number of thiophene rings is 1. The maximum absolute atomic E-state index is 12.9. The molecule has 0 bridgehead atoms. The second kappa shape index (κ2) is 9.21. The normalized spacial score (nSPS) is 12.0. The number of non-ortho nitro benzene ring substituents is 1. The number of nitro benzene ring substituents is 1. The van der Waals surface area contributed by atoms with Crippen LogP contribution in [0, 0.1) is 10.1 Å². The van der Waals surface area contributed by atoms with Gasteiger partial charge in [-0.2, -0.15) is 16.8 Å². The molecule has 160 valence electrons. The number of ether oxygens (including phenoxy) is 1. The summed E-state index contributed by atoms with van der Waals surface area (Å²) in [4.78, 5) is 29.0. The van der Waals surface area contributed by atoms with Crippen LogP contribution in [0.5, 0.6) is 5.75 Å². The topological polar surface area (TPSA) is 86.7 Å². The van der Waals surface area contributed by atoms with Gasteiger partial charge in [0.05, 0.1) is 26.6 Å². The van der Waals surface area contributed by atoms with Crippen molar-refractivity contribution < 1.29 is 14.5 Å². The molecule has 0 radical (unpaired) electrons. The summed E-state index contributed by atoms with van der Waals surface area (Å²) < 4.78 is 9.48. The molecule has 4 aromatic rings. The Hall–Kier alpha value is -2.69. The van der Waals surface area contributed by atoms with Crippen LogP contribution in [0.4, 0.5) is 5.69 Å². The average Bonchev–Trinajstić information content (AvgIpc) is 3.32. The second-order valence-corrected chi connectivity index (χ2v) is 9.68. The SMILES string of the molecule is CCOc1ccc2c(c1)sc(=NC(=O)c1cc3cc([N+](=O)[O-])ccc3s1)n2CCSC. The van der Waals surface area contributed by atoms with E-state index in [4.69, 9.17) is 4.74 Å². The average molecular weight is 474 g/mol. The zero-order valence-electron chi connectivity index (χ0n) is 16.9. The first-order valence-corrected chi connectivity index (χ1v) is 12.5. The van der Waals surface area contributed by atoms with Crippen molar-refractivity contribution in [3.05, 3.63) is 62.3 Å². The minimum atomic E-state index is -0.439. The molecule has 2 aromatic heterocycles. The number of aryl methyl sites for hydroxylation is 1. The van der Waals surface area contributed by atoms with Crippen LogP contribution in [0.25, 0.3) is 20.3 Å². The number of rotatable bonds is 7. The van der Waals surface area contributed by atoms with Crippen molar-refractivity contribution >= 4 is 66.3 Å². The van der Waals surface area contributed by atoms with E-state index in [1.165, 1.54) is 34.8 Å². The third kappa shape index (κ3) is 4.51. The number of thiazole rings is 1. The number of hydrogen-bond donors (Lipinski definition) is 0. The Morgan fingerprint density at radius 2 is 2.03 bits per heavy atom. The summed E-state index contributed by atoms with van der Waals surface area (Å²) in [6.07, 6.45) is 2.04. The Kier molecular flexibility index (Phi) is 6.40. The molecule has 0 N–H and O–H groups in total. The zero-order chi connectivity index (χ0) is 22.0. The zero-order valence-corrected chi connectivity index (χ0v) is 19.3. The van der Waals surface area contributed by atoms with Gasteiger partial charge in [-0.15, -0.1) is 11.3 Å². The van der Waals surface area contributed by atoms with Gasteiger partial charge in [0.2, 0.25) is 0 Å². The number of nitro groups is 1. The molecule has 10 heteroatoms. The molecule has 0 spiro atoms. The largest absolute Gasteiger partial charge is 0.494 e. The highest BCUT2D eigenvalue weighted by molar-refractivity contribution is 7.98. The van der Waals surface area contributed by atoms with Gasteiger partial charge < -0.3 is 9.30 Å². The summed E-state index contributed by atoms with van der Waals surface area (Å²) in [5.41, 5.74) is 1.02. The van der Waals surface area contributed by atoms with Crippen molar-refractivity contribution in [2.75, 3.05) is 18.6 Å². The molecule has 0 saturated heterocycles. The van der Waals surface area contributed by atoms with Gasteiger partial charge >= 0.3 is 0 Å². The van der Waals surface area contributed by atoms with Crippen molar-refractivity contribution in [3.8, 4) is 5.75 Å². The summed E-state index contributed by atoms with van der Waals surface area (Å²) in [6.45, 7) is 3.26. The van der Waals surface area contributed by atoms with E-state index in [2.05, 4.69) is 9.56 Å². The van der Waals surface area contributed by atoms with Crippen LogP contribution < -0.4 is 9.54 Å². The number of benzene rings is 2. The number of carbonyl (C=O) groups is 1. The molecule has 0 aliphatic heterocycles. The third-order valence-corrected chi connectivity index (χ3v) is 7.34. The monoisotopic (exact) mass is 473 g/mol. The fraction of sp³-hybridized carbons (Fsp3) is 0.238. The molecule has 0 aliphatic rings. The van der Waals surface area contributed by atoms with Gasteiger partial charge in [0.25, 0.3) is 11.6 Å². The van der Waals surface area contributed by atoms with Gasteiger partial charge in [0, 0.05) is 34.5 Å². The van der Waals surface area contributed by atoms with Crippen LogP contribution in [0.1, 0.15) is 16.6 Å². The Labute approximate surface area is 190 Å². The van der Waals surface area contributed by atoms with E-state index in [1.54, 1.807) is 23.9 Å². The number of carbonyl (C=O) groups excluding carboxylic acids is 1. The highest BCUT2D eigenvalue weighted by Gasteiger charge is 2.14. The van der Waals surface area contributed by atoms with Crippen LogP contribution in [0.2, 0.25) is 0 Å². The first-order chi connectivity index (χ1) is 15.0. The first-order valence-electron chi connectivity index (χ1n) is 9.52. The Morgan fingerprint density at radius 3 is 2.77 bits per heavy atom. The van der Waals surface area contributed by atoms with Crippen LogP contribution in [-0.2, 0) is 6.54 Å². The van der Waals surface area contributed by atoms with Crippen LogP contribution in [0.3, 0.4) is 0 Å². The molecule has 0 saturated carbocycles. The maximum atomic E-state index is 12.9. The highest BCUT2D eigenvalue weighted by atomic mass is 32.2. The van der Waals surface area contributed by atoms with E-state index < -0.39 is 4.92 Å². The van der Waals surface area contributed by atoms with Gasteiger partial charge in [0.15, 0.2) is 4.80 Å². The number of amides is 1. The van der Waals surface area contributed by atoms with Crippen molar-refractivity contribution in [1.29, 1.82) is 0 Å². The number of aromatic nitrogens is 1. The number of thioether (sulfide) groups is 1. The summed E-state index contributed by atoms with van der Waals surface area (Å²) in [7, 11) is 0. The van der Waals surface area contributed by atoms with Gasteiger partial charge in [0.1, 0.15) is 5.75 Å². The fourth-order valence-corrected chi connectivity index (χ4v) is 5.56. The van der Waals surface area contributed by atoms with Crippen LogP contribution in [0.15, 0.2) is 47.5 Å². The van der Waals surface area contributed by atoms with Crippen molar-refractivity contribution in [2.24, 2.45) is 4.99 Å². The summed E-state index contributed by atoms with van der Waals surface area (Å²) >= 11 is 4.47. The van der Waals surface area contributed by atoms with E-state index in [9.17, 15) is 14.9 Å². The summed E-state index contributed by atoms with van der Waals surface area (Å²) in [5, 5.41) is 11.7. The molecule has 0 atom stereocenters. The van der Waals surface area contributed by atoms with Gasteiger partial charge in [-0.3, -0.25) is 14.9 Å². The minimum Gasteiger partial charge on any atom is -0.494 e. The van der Waals surface area contributed by atoms with E-state index in [-0.39, 0.29) is 11.6 Å². The molecule has 2 aromatic carbocycles. The Morgan fingerprint density at radius 1 is 1.19 bits per heavy atom. The van der Waals surface area contributed by atoms with Crippen LogP contribution >= 0.6 is 34.4 Å². The molecule has 4 rings (SSSR count). The number of nitrogens with zero attached hydrogens (tertiary/aromatic N) is 3. The maximum Gasteiger partial charge on any atom is 0.289 e. The van der Waals surface area contributed by atoms with Gasteiger partial charge in [-0.05, 0) is 43.5 Å². The van der Waals surface area contributed by atoms with E-state index in [0.29, 0.717) is 21.7 Å². The molecular formula is C21H19N3O4S3. The Balaban J connectivity index is 1.77. The molecule has 31 heavy (non-hydrogen) atoms. The standard InChI is InChI=1S/C21H19N3O4S3/c1-3-28-15-5-6-16-18(12-15)31-21(23(16)8-9-29-2)22-20(25)19-11-13-10-14(24(26)27)4-7-17(13)30-19/h4-7,10-12H,3,8-9H2,1-2H3. The molecule has 0 fully saturated rings. The molecule has 1 amide bonds. The van der Waals surface area contributed by atoms with E-state index >= 15 is 0 Å². The van der Waals surface area contributed by atoms with Crippen molar-refractivity contribution in [3.63, 3.8) is 0 Å². The lowest BCUT2D eigenvalue weighted by molar-refractivity contribution is -0.384. The lowest BCUT2D eigenvalue weighted by Gasteiger charge is -2.05. The molecule has 2 heterocycles. The van der Waals surface area contributed by atoms with E-state index in [1.807, 2.05) is 31.4 Å². The highest BCUT2D eigenvalue weighted by Crippen LogP contribution is 2.29. The smallest absolute Gasteiger partial charge is 0.289 e. The fourth-order valence-electron chi connectivity index (χ4n) is 3.19. The van der Waals surface area contributed by atoms with Crippen molar-refractivity contribution in [2.45, 2.75) is 13.5 Å². The minimum absolute atomic E-state index is 0.00533. The molecule has 7 nitrogen and oxygen atoms in total. The van der Waals surface area contributed by atoms with Gasteiger partial charge in [-0.1, -0.05) is 11.3 Å². The van der Waals surface area contributed by atoms with Crippen molar-refractivity contribution in [1.82, 2.24) is 4.57 Å². The van der Waals surface area contributed by atoms with Gasteiger partial charge in [-0.25, -0.2) is 0 Å². The second-order valence-electron chi connectivity index (χ2n) is 6.60. The lowest BCUT2D eigenvalue weighted by atomic mass is 10.2. The quantitative estimate of drug-likeness (QED) is 0.267. The van der Waals surface area contributed by atoms with E-state index in [0.717, 1.165) is 33.0 Å². The summed E-state index contributed by atoms with van der Waals surface area (Å²) in [5.74, 6) is 1.34. The molecular weight excluding hydrogens is 454 g/mol. The predicted octanol–water partition coefficient (Wildman–Crippen LogP) is 5.33. The summed E-state index contributed by atoms with van der Waals surface area (Å²) in [6, 6.07) is 12.2. The number of hydrogen-bond acceptors (Lipinski definition) is 7. The van der Waals surface area contributed by atoms with Crippen LogP contribution in [-0.4, -0.2) is 34.0 Å². The molecule has 0 unspecified atom stereocenters.